The molecular weight excluding hydrogens is 311 g/mol. The van der Waals surface area contributed by atoms with Gasteiger partial charge in [-0.3, -0.25) is 4.98 Å². The lowest BCUT2D eigenvalue weighted by Crippen LogP contribution is -2.23. The highest BCUT2D eigenvalue weighted by Gasteiger charge is 2.29. The molecule has 2 aromatic heterocycles. The minimum atomic E-state index is -0.968. The van der Waals surface area contributed by atoms with Crippen LogP contribution in [0.15, 0.2) is 36.8 Å². The molecular formula is C17H15FN4O2. The van der Waals surface area contributed by atoms with Crippen molar-refractivity contribution in [3.05, 3.63) is 36.8 Å². The highest BCUT2D eigenvalue weighted by molar-refractivity contribution is 5.88. The molecule has 0 saturated heterocycles. The van der Waals surface area contributed by atoms with Gasteiger partial charge < -0.3 is 9.84 Å². The Balaban J connectivity index is 1.61. The molecule has 7 heteroatoms. The van der Waals surface area contributed by atoms with E-state index < -0.39 is 12.3 Å². The van der Waals surface area contributed by atoms with Gasteiger partial charge in [0.15, 0.2) is 5.82 Å². The van der Waals surface area contributed by atoms with Crippen molar-refractivity contribution in [3.63, 3.8) is 0 Å². The van der Waals surface area contributed by atoms with Gasteiger partial charge in [-0.15, -0.1) is 10.2 Å². The zero-order chi connectivity index (χ0) is 16.5. The monoisotopic (exact) mass is 326 g/mol. The molecule has 0 bridgehead atoms. The molecule has 1 N–H and O–H groups in total. The molecule has 0 unspecified atom stereocenters. The Morgan fingerprint density at radius 3 is 2.79 bits per heavy atom. The summed E-state index contributed by atoms with van der Waals surface area (Å²) in [7, 11) is 0. The van der Waals surface area contributed by atoms with E-state index >= 15 is 0 Å². The second-order valence-corrected chi connectivity index (χ2v) is 5.82. The number of pyridine rings is 1. The normalized spacial score (nSPS) is 20.4. The fourth-order valence-corrected chi connectivity index (χ4v) is 2.91. The molecule has 6 nitrogen and oxygen atoms in total. The number of aromatic hydroxyl groups is 1. The predicted octanol–water partition coefficient (Wildman–Crippen LogP) is 3.06. The van der Waals surface area contributed by atoms with E-state index in [9.17, 15) is 9.50 Å². The Morgan fingerprint density at radius 1 is 1.12 bits per heavy atom. The second-order valence-electron chi connectivity index (χ2n) is 5.82. The number of rotatable bonds is 3. The molecule has 24 heavy (non-hydrogen) atoms. The number of fused-ring (bicyclic) bond motifs is 1. The van der Waals surface area contributed by atoms with E-state index in [-0.39, 0.29) is 17.5 Å². The number of hydrogen-bond donors (Lipinski definition) is 1. The van der Waals surface area contributed by atoms with Gasteiger partial charge in [-0.1, -0.05) is 0 Å². The number of aromatic nitrogens is 4. The van der Waals surface area contributed by atoms with E-state index in [1.54, 1.807) is 24.5 Å². The van der Waals surface area contributed by atoms with Crippen molar-refractivity contribution in [3.8, 4) is 23.0 Å². The molecule has 1 aliphatic rings. The summed E-state index contributed by atoms with van der Waals surface area (Å²) < 4.78 is 19.1. The van der Waals surface area contributed by atoms with Crippen LogP contribution < -0.4 is 4.74 Å². The van der Waals surface area contributed by atoms with Gasteiger partial charge in [0.2, 0.25) is 0 Å². The van der Waals surface area contributed by atoms with Crippen LogP contribution in [0.2, 0.25) is 0 Å². The first-order valence-electron chi connectivity index (χ1n) is 7.78. The van der Waals surface area contributed by atoms with E-state index in [4.69, 9.17) is 4.74 Å². The Bertz CT molecular complexity index is 872. The van der Waals surface area contributed by atoms with E-state index in [1.807, 2.05) is 6.07 Å². The highest BCUT2D eigenvalue weighted by atomic mass is 19.1. The van der Waals surface area contributed by atoms with Gasteiger partial charge in [0.25, 0.3) is 5.88 Å². The molecule has 0 aliphatic heterocycles. The summed E-state index contributed by atoms with van der Waals surface area (Å²) in [6.45, 7) is 0. The molecule has 1 fully saturated rings. The molecule has 4 rings (SSSR count). The summed E-state index contributed by atoms with van der Waals surface area (Å²) in [5.74, 6) is 0.519. The van der Waals surface area contributed by atoms with Gasteiger partial charge in [-0.2, -0.15) is 0 Å². The largest absolute Gasteiger partial charge is 0.507 e. The molecule has 1 aromatic carbocycles. The number of phenols is 1. The van der Waals surface area contributed by atoms with Gasteiger partial charge in [0.1, 0.15) is 18.0 Å². The third kappa shape index (κ3) is 2.73. The zero-order valence-electron chi connectivity index (χ0n) is 12.8. The Morgan fingerprint density at radius 2 is 2.04 bits per heavy atom. The lowest BCUT2D eigenvalue weighted by molar-refractivity contribution is 0.119. The predicted molar refractivity (Wildman–Crippen MR) is 85.4 cm³/mol. The maximum Gasteiger partial charge on any atom is 0.252 e. The smallest absolute Gasteiger partial charge is 0.252 e. The molecule has 0 amide bonds. The van der Waals surface area contributed by atoms with E-state index in [2.05, 4.69) is 20.2 Å². The molecule has 2 atom stereocenters. The van der Waals surface area contributed by atoms with Crippen molar-refractivity contribution in [2.75, 3.05) is 0 Å². The molecule has 122 valence electrons. The minimum Gasteiger partial charge on any atom is -0.507 e. The summed E-state index contributed by atoms with van der Waals surface area (Å²) in [5, 5.41) is 19.9. The van der Waals surface area contributed by atoms with Crippen LogP contribution in [0.4, 0.5) is 4.39 Å². The topological polar surface area (TPSA) is 81.0 Å². The number of nitrogens with zero attached hydrogens (tertiary/aromatic N) is 4. The highest BCUT2D eigenvalue weighted by Crippen LogP contribution is 2.31. The third-order valence-electron chi connectivity index (χ3n) is 4.18. The molecule has 3 aromatic rings. The summed E-state index contributed by atoms with van der Waals surface area (Å²) in [6, 6.07) is 5.22. The van der Waals surface area contributed by atoms with Gasteiger partial charge in [0, 0.05) is 17.8 Å². The van der Waals surface area contributed by atoms with Crippen molar-refractivity contribution in [1.29, 1.82) is 0 Å². The van der Waals surface area contributed by atoms with Crippen LogP contribution in [0.1, 0.15) is 19.3 Å². The maximum absolute atomic E-state index is 13.6. The average Bonchev–Trinajstić information content (AvgIpc) is 3.00. The number of benzene rings is 1. The number of halogens is 1. The molecule has 0 spiro atoms. The first-order chi connectivity index (χ1) is 11.7. The van der Waals surface area contributed by atoms with E-state index in [0.717, 1.165) is 17.2 Å². The van der Waals surface area contributed by atoms with Crippen LogP contribution in [0.25, 0.3) is 22.2 Å². The van der Waals surface area contributed by atoms with Gasteiger partial charge >= 0.3 is 0 Å². The SMILES string of the molecule is Oc1cc2cnccc2cc1-c1ncc(O[C@H]2CCC[C@@H]2F)nn1. The maximum atomic E-state index is 13.6. The van der Waals surface area contributed by atoms with Gasteiger partial charge in [0.05, 0.1) is 11.8 Å². The van der Waals surface area contributed by atoms with Crippen molar-refractivity contribution >= 4 is 10.8 Å². The summed E-state index contributed by atoms with van der Waals surface area (Å²) >= 11 is 0. The van der Waals surface area contributed by atoms with Crippen LogP contribution >= 0.6 is 0 Å². The number of hydrogen-bond acceptors (Lipinski definition) is 6. The van der Waals surface area contributed by atoms with Crippen molar-refractivity contribution in [2.45, 2.75) is 31.5 Å². The van der Waals surface area contributed by atoms with Gasteiger partial charge in [-0.25, -0.2) is 9.37 Å². The number of phenolic OH excluding ortho intramolecular Hbond substituents is 1. The van der Waals surface area contributed by atoms with Crippen molar-refractivity contribution < 1.29 is 14.2 Å². The quantitative estimate of drug-likeness (QED) is 0.796. The van der Waals surface area contributed by atoms with Crippen LogP contribution in [-0.2, 0) is 0 Å². The fraction of sp³-hybridized carbons (Fsp3) is 0.294. The molecule has 2 heterocycles. The zero-order valence-corrected chi connectivity index (χ0v) is 12.8. The first kappa shape index (κ1) is 14.7. The summed E-state index contributed by atoms with van der Waals surface area (Å²) in [6.07, 6.45) is 5.30. The molecule has 1 aliphatic carbocycles. The molecule has 0 radical (unpaired) electrons. The lowest BCUT2D eigenvalue weighted by Gasteiger charge is -2.14. The summed E-state index contributed by atoms with van der Waals surface area (Å²) in [4.78, 5) is 8.21. The standard InChI is InChI=1S/C17H15FN4O2/c18-13-2-1-3-15(13)24-16-9-20-17(22-21-16)12-6-10-4-5-19-8-11(10)7-14(12)23/h4-9,13,15,23H,1-3H2/t13-,15-/m0/s1. The lowest BCUT2D eigenvalue weighted by atomic mass is 10.1. The van der Waals surface area contributed by atoms with Crippen molar-refractivity contribution in [2.24, 2.45) is 0 Å². The second kappa shape index (κ2) is 5.99. The van der Waals surface area contributed by atoms with Crippen molar-refractivity contribution in [1.82, 2.24) is 20.2 Å². The van der Waals surface area contributed by atoms with Crippen LogP contribution in [0.5, 0.6) is 11.6 Å². The molecule has 1 saturated carbocycles. The number of ether oxygens (including phenoxy) is 1. The Labute approximate surface area is 137 Å². The van der Waals surface area contributed by atoms with E-state index in [0.29, 0.717) is 18.4 Å². The van der Waals surface area contributed by atoms with Crippen LogP contribution in [0, 0.1) is 0 Å². The fourth-order valence-electron chi connectivity index (χ4n) is 2.91. The van der Waals surface area contributed by atoms with Gasteiger partial charge in [-0.05, 0) is 42.8 Å². The third-order valence-corrected chi connectivity index (χ3v) is 4.18. The first-order valence-corrected chi connectivity index (χ1v) is 7.78. The summed E-state index contributed by atoms with van der Waals surface area (Å²) in [5.41, 5.74) is 0.469. The minimum absolute atomic E-state index is 0.0468. The number of alkyl halides is 1. The van der Waals surface area contributed by atoms with Crippen LogP contribution in [0.3, 0.4) is 0 Å². The average molecular weight is 326 g/mol. The Kier molecular flexibility index (Phi) is 3.68. The Hall–Kier alpha value is -2.83. The van der Waals surface area contributed by atoms with Crippen LogP contribution in [-0.4, -0.2) is 37.5 Å². The van der Waals surface area contributed by atoms with E-state index in [1.165, 1.54) is 6.20 Å².